The van der Waals surface area contributed by atoms with Crippen LogP contribution in [-0.4, -0.2) is 54.9 Å². The van der Waals surface area contributed by atoms with Crippen molar-refractivity contribution in [3.63, 3.8) is 0 Å². The highest BCUT2D eigenvalue weighted by Gasteiger charge is 2.29. The van der Waals surface area contributed by atoms with Gasteiger partial charge in [-0.15, -0.1) is 0 Å². The fraction of sp³-hybridized carbons (Fsp3) is 0.233. The van der Waals surface area contributed by atoms with Gasteiger partial charge in [-0.2, -0.15) is 9.78 Å². The fourth-order valence-corrected chi connectivity index (χ4v) is 5.75. The summed E-state index contributed by atoms with van der Waals surface area (Å²) < 4.78 is 47.8. The summed E-state index contributed by atoms with van der Waals surface area (Å²) in [5, 5.41) is 16.7. The predicted molar refractivity (Wildman–Crippen MR) is 159 cm³/mol. The van der Waals surface area contributed by atoms with Crippen LogP contribution < -0.4 is 24.2 Å². The van der Waals surface area contributed by atoms with Gasteiger partial charge in [-0.3, -0.25) is 4.79 Å². The highest BCUT2D eigenvalue weighted by atomic mass is 32.2. The minimum Gasteiger partial charge on any atom is -0.497 e. The van der Waals surface area contributed by atoms with E-state index < -0.39 is 27.4 Å². The molecule has 0 unspecified atom stereocenters. The lowest BCUT2D eigenvalue weighted by Crippen LogP contribution is -2.40. The number of amides is 1. The molecular weight excluding hydrogens is 576 g/mol. The molecule has 1 aromatic heterocycles. The van der Waals surface area contributed by atoms with Crippen LogP contribution in [0.3, 0.4) is 0 Å². The number of nitrogens with zero attached hydrogens (tertiary/aromatic N) is 2. The standard InChI is InChI=1S/C30H32N4O8S/c1-18-26(29(36)37)32-34(20-12-14-21(40-5)15-13-20)28(18)42-24-16-11-19(17-25(24)43(38,39)33-30(2,3)4)31-27(35)22-9-7-8-10-23(22)41-6/h7-17,33H,1-6H3,(H,31,35)(H,36,37). The van der Waals surface area contributed by atoms with Crippen molar-refractivity contribution in [3.8, 4) is 28.8 Å². The Labute approximate surface area is 249 Å². The third-order valence-corrected chi connectivity index (χ3v) is 7.86. The second-order valence-electron chi connectivity index (χ2n) is 10.5. The summed E-state index contributed by atoms with van der Waals surface area (Å²) in [6.07, 6.45) is 0. The van der Waals surface area contributed by atoms with Gasteiger partial charge in [-0.25, -0.2) is 17.9 Å². The van der Waals surface area contributed by atoms with E-state index in [-0.39, 0.29) is 39.0 Å². The molecule has 1 heterocycles. The second kappa shape index (κ2) is 12.2. The first-order chi connectivity index (χ1) is 20.2. The molecule has 12 nitrogen and oxygen atoms in total. The van der Waals surface area contributed by atoms with Crippen molar-refractivity contribution in [2.75, 3.05) is 19.5 Å². The lowest BCUT2D eigenvalue weighted by molar-refractivity contribution is 0.0689. The molecule has 0 atom stereocenters. The normalized spacial score (nSPS) is 11.6. The zero-order chi connectivity index (χ0) is 31.5. The molecule has 0 aliphatic rings. The summed E-state index contributed by atoms with van der Waals surface area (Å²) in [6, 6.07) is 17.4. The SMILES string of the molecule is COc1ccc(-n2nc(C(=O)O)c(C)c2Oc2ccc(NC(=O)c3ccccc3OC)cc2S(=O)(=O)NC(C)(C)C)cc1. The summed E-state index contributed by atoms with van der Waals surface area (Å²) in [7, 11) is -1.27. The van der Waals surface area contributed by atoms with Gasteiger partial charge in [0.1, 0.15) is 22.1 Å². The number of carboxylic acids is 1. The molecule has 4 rings (SSSR count). The van der Waals surface area contributed by atoms with Crippen molar-refractivity contribution in [3.05, 3.63) is 83.6 Å². The van der Waals surface area contributed by atoms with Gasteiger partial charge >= 0.3 is 5.97 Å². The highest BCUT2D eigenvalue weighted by Crippen LogP contribution is 2.36. The number of benzene rings is 3. The van der Waals surface area contributed by atoms with Gasteiger partial charge in [0.2, 0.25) is 15.9 Å². The summed E-state index contributed by atoms with van der Waals surface area (Å²) in [5.74, 6) is -1.02. The van der Waals surface area contributed by atoms with E-state index in [0.717, 1.165) is 0 Å². The van der Waals surface area contributed by atoms with E-state index in [1.165, 1.54) is 44.0 Å². The van der Waals surface area contributed by atoms with Crippen molar-refractivity contribution in [2.45, 2.75) is 38.1 Å². The molecule has 3 N–H and O–H groups in total. The lowest BCUT2D eigenvalue weighted by Gasteiger charge is -2.22. The quantitative estimate of drug-likeness (QED) is 0.225. The van der Waals surface area contributed by atoms with Crippen LogP contribution in [0.4, 0.5) is 5.69 Å². The van der Waals surface area contributed by atoms with E-state index in [0.29, 0.717) is 17.2 Å². The largest absolute Gasteiger partial charge is 0.497 e. The number of carbonyl (C=O) groups is 2. The number of rotatable bonds is 10. The number of anilines is 1. The van der Waals surface area contributed by atoms with Gasteiger partial charge in [0.15, 0.2) is 5.69 Å². The summed E-state index contributed by atoms with van der Waals surface area (Å²) in [4.78, 5) is 24.7. The Morgan fingerprint density at radius 2 is 1.60 bits per heavy atom. The van der Waals surface area contributed by atoms with E-state index in [1.807, 2.05) is 0 Å². The third-order valence-electron chi connectivity index (χ3n) is 6.08. The second-order valence-corrected chi connectivity index (χ2v) is 12.1. The maximum atomic E-state index is 13.6. The van der Waals surface area contributed by atoms with Gasteiger partial charge in [0.05, 0.1) is 25.5 Å². The van der Waals surface area contributed by atoms with Crippen molar-refractivity contribution in [1.82, 2.24) is 14.5 Å². The average molecular weight is 609 g/mol. The molecule has 0 fully saturated rings. The van der Waals surface area contributed by atoms with Gasteiger partial charge in [0, 0.05) is 16.8 Å². The number of carboxylic acid groups (broad SMARTS) is 1. The van der Waals surface area contributed by atoms with Gasteiger partial charge in [-0.1, -0.05) is 12.1 Å². The van der Waals surface area contributed by atoms with Crippen molar-refractivity contribution >= 4 is 27.6 Å². The molecule has 13 heteroatoms. The molecule has 4 aromatic rings. The molecule has 0 bridgehead atoms. The molecular formula is C30H32N4O8S. The molecule has 43 heavy (non-hydrogen) atoms. The Bertz CT molecular complexity index is 1770. The molecule has 3 aromatic carbocycles. The van der Waals surface area contributed by atoms with Crippen LogP contribution in [0.5, 0.6) is 23.1 Å². The number of methoxy groups -OCH3 is 2. The Morgan fingerprint density at radius 3 is 2.21 bits per heavy atom. The van der Waals surface area contributed by atoms with Crippen LogP contribution in [0.1, 0.15) is 47.2 Å². The van der Waals surface area contributed by atoms with Gasteiger partial charge in [-0.05, 0) is 82.3 Å². The predicted octanol–water partition coefficient (Wildman–Crippen LogP) is 5.02. The lowest BCUT2D eigenvalue weighted by atomic mass is 10.1. The van der Waals surface area contributed by atoms with E-state index in [1.54, 1.807) is 69.3 Å². The zero-order valence-electron chi connectivity index (χ0n) is 24.5. The molecule has 0 radical (unpaired) electrons. The molecule has 0 saturated carbocycles. The highest BCUT2D eigenvalue weighted by molar-refractivity contribution is 7.89. The Kier molecular flexibility index (Phi) is 8.78. The summed E-state index contributed by atoms with van der Waals surface area (Å²) >= 11 is 0. The smallest absolute Gasteiger partial charge is 0.356 e. The van der Waals surface area contributed by atoms with Crippen molar-refractivity contribution in [1.29, 1.82) is 0 Å². The first-order valence-electron chi connectivity index (χ1n) is 13.0. The number of hydrogen-bond acceptors (Lipinski definition) is 8. The van der Waals surface area contributed by atoms with Gasteiger partial charge in [0.25, 0.3) is 5.91 Å². The first kappa shape index (κ1) is 31.1. The van der Waals surface area contributed by atoms with Crippen LogP contribution in [0.25, 0.3) is 5.69 Å². The van der Waals surface area contributed by atoms with Crippen molar-refractivity contribution < 1.29 is 37.3 Å². The molecule has 0 aliphatic heterocycles. The van der Waals surface area contributed by atoms with Crippen LogP contribution in [0.2, 0.25) is 0 Å². The number of sulfonamides is 1. The Balaban J connectivity index is 1.82. The molecule has 0 saturated heterocycles. The minimum absolute atomic E-state index is 0.0133. The summed E-state index contributed by atoms with van der Waals surface area (Å²) in [6.45, 7) is 6.55. The zero-order valence-corrected chi connectivity index (χ0v) is 25.3. The van der Waals surface area contributed by atoms with Crippen molar-refractivity contribution in [2.24, 2.45) is 0 Å². The average Bonchev–Trinajstić information content (AvgIpc) is 3.28. The molecule has 1 amide bonds. The summed E-state index contributed by atoms with van der Waals surface area (Å²) in [5.41, 5.74) is -0.0896. The number of para-hydroxylation sites is 1. The third kappa shape index (κ3) is 6.96. The molecule has 226 valence electrons. The number of aromatic nitrogens is 2. The minimum atomic E-state index is -4.23. The molecule has 0 spiro atoms. The number of carbonyl (C=O) groups excluding carboxylic acids is 1. The van der Waals surface area contributed by atoms with E-state index >= 15 is 0 Å². The number of ether oxygens (including phenoxy) is 3. The first-order valence-corrected chi connectivity index (χ1v) is 14.5. The van der Waals surface area contributed by atoms with Crippen LogP contribution in [-0.2, 0) is 10.0 Å². The van der Waals surface area contributed by atoms with Crippen LogP contribution in [0.15, 0.2) is 71.6 Å². The maximum Gasteiger partial charge on any atom is 0.356 e. The number of hydrogen-bond donors (Lipinski definition) is 3. The van der Waals surface area contributed by atoms with Crippen LogP contribution >= 0.6 is 0 Å². The van der Waals surface area contributed by atoms with E-state index in [9.17, 15) is 23.1 Å². The monoisotopic (exact) mass is 608 g/mol. The topological polar surface area (TPSA) is 158 Å². The van der Waals surface area contributed by atoms with Gasteiger partial charge < -0.3 is 24.6 Å². The Morgan fingerprint density at radius 1 is 0.930 bits per heavy atom. The van der Waals surface area contributed by atoms with E-state index in [2.05, 4.69) is 15.1 Å². The molecule has 0 aliphatic carbocycles. The number of aromatic carboxylic acids is 1. The fourth-order valence-electron chi connectivity index (χ4n) is 4.17. The van der Waals surface area contributed by atoms with Crippen LogP contribution in [0, 0.1) is 6.92 Å². The number of nitrogens with one attached hydrogen (secondary N) is 2. The maximum absolute atomic E-state index is 13.6. The Hall–Kier alpha value is -4.88. The van der Waals surface area contributed by atoms with E-state index in [4.69, 9.17) is 14.2 Å².